The molecular weight excluding hydrogens is 324 g/mol. The number of ether oxygens (including phenoxy) is 2. The van der Waals surface area contributed by atoms with E-state index in [9.17, 15) is 9.90 Å². The molecule has 8 heteroatoms. The van der Waals surface area contributed by atoms with Gasteiger partial charge in [-0.05, 0) is 24.3 Å². The van der Waals surface area contributed by atoms with Gasteiger partial charge in [-0.15, -0.1) is 5.11 Å². The van der Waals surface area contributed by atoms with Crippen LogP contribution in [-0.4, -0.2) is 29.5 Å². The highest BCUT2D eigenvalue weighted by Crippen LogP contribution is 2.34. The van der Waals surface area contributed by atoms with E-state index in [0.29, 0.717) is 28.4 Å². The van der Waals surface area contributed by atoms with E-state index in [1.165, 1.54) is 20.3 Å². The van der Waals surface area contributed by atoms with Crippen molar-refractivity contribution in [3.8, 4) is 28.5 Å². The number of rotatable bonds is 5. The summed E-state index contributed by atoms with van der Waals surface area (Å²) in [6.07, 6.45) is 0. The molecule has 0 unspecified atom stereocenters. The summed E-state index contributed by atoms with van der Waals surface area (Å²) in [5, 5.41) is 23.2. The van der Waals surface area contributed by atoms with Crippen LogP contribution in [0.1, 0.15) is 0 Å². The van der Waals surface area contributed by atoms with Gasteiger partial charge in [-0.3, -0.25) is 15.0 Å². The van der Waals surface area contributed by atoms with E-state index >= 15 is 0 Å². The molecule has 1 aromatic heterocycles. The van der Waals surface area contributed by atoms with Gasteiger partial charge in [-0.25, -0.2) is 0 Å². The number of methoxy groups -OCH3 is 2. The van der Waals surface area contributed by atoms with Gasteiger partial charge >= 0.3 is 0 Å². The van der Waals surface area contributed by atoms with Crippen LogP contribution < -0.4 is 15.0 Å². The molecule has 0 spiro atoms. The molecule has 25 heavy (non-hydrogen) atoms. The predicted octanol–water partition coefficient (Wildman–Crippen LogP) is 3.51. The Morgan fingerprint density at radius 3 is 2.44 bits per heavy atom. The molecule has 0 radical (unpaired) electrons. The zero-order valence-electron chi connectivity index (χ0n) is 13.6. The van der Waals surface area contributed by atoms with Crippen LogP contribution in [0.4, 0.5) is 11.4 Å². The molecule has 0 aliphatic heterocycles. The first kappa shape index (κ1) is 16.3. The second kappa shape index (κ2) is 6.91. The maximum absolute atomic E-state index is 12.0. The van der Waals surface area contributed by atoms with Crippen LogP contribution in [0.15, 0.2) is 57.5 Å². The molecule has 0 atom stereocenters. The van der Waals surface area contributed by atoms with Crippen LogP contribution in [0, 0.1) is 0 Å². The summed E-state index contributed by atoms with van der Waals surface area (Å²) in [7, 11) is 3.06. The summed E-state index contributed by atoms with van der Waals surface area (Å²) in [5.41, 5.74) is 0.912. The van der Waals surface area contributed by atoms with Crippen molar-refractivity contribution in [2.24, 2.45) is 10.2 Å². The number of H-pyrrole nitrogens is 2. The largest absolute Gasteiger partial charge is 0.507 e. The molecule has 0 saturated carbocycles. The summed E-state index contributed by atoms with van der Waals surface area (Å²) in [6, 6.07) is 11.6. The molecule has 2 aromatic carbocycles. The first-order chi connectivity index (χ1) is 12.1. The average Bonchev–Trinajstić information content (AvgIpc) is 3.00. The van der Waals surface area contributed by atoms with Gasteiger partial charge in [0, 0.05) is 11.6 Å². The van der Waals surface area contributed by atoms with E-state index < -0.39 is 5.56 Å². The second-order valence-corrected chi connectivity index (χ2v) is 5.06. The number of aromatic amines is 2. The van der Waals surface area contributed by atoms with Crippen molar-refractivity contribution < 1.29 is 14.6 Å². The molecule has 128 valence electrons. The van der Waals surface area contributed by atoms with E-state index in [1.807, 2.05) is 0 Å². The van der Waals surface area contributed by atoms with Crippen LogP contribution >= 0.6 is 0 Å². The van der Waals surface area contributed by atoms with Crippen LogP contribution in [-0.2, 0) is 0 Å². The standard InChI is InChI=1S/C17H16N4O4/c1-24-13-8-7-10(9-14(13)25-2)18-20-16-15(19-21-17(16)23)11-5-3-4-6-12(11)22/h3-9,22H,1-2H3,(H2,19,21,23). The van der Waals surface area contributed by atoms with Crippen molar-refractivity contribution in [2.75, 3.05) is 14.2 Å². The fourth-order valence-corrected chi connectivity index (χ4v) is 2.32. The first-order valence-corrected chi connectivity index (χ1v) is 7.37. The Morgan fingerprint density at radius 2 is 1.72 bits per heavy atom. The Morgan fingerprint density at radius 1 is 0.960 bits per heavy atom. The number of nitrogens with zero attached hydrogens (tertiary/aromatic N) is 2. The minimum atomic E-state index is -0.442. The van der Waals surface area contributed by atoms with E-state index in [0.717, 1.165) is 0 Å². The van der Waals surface area contributed by atoms with Gasteiger partial charge in [0.15, 0.2) is 17.2 Å². The van der Waals surface area contributed by atoms with Gasteiger partial charge in [0.25, 0.3) is 5.56 Å². The quantitative estimate of drug-likeness (QED) is 0.617. The Kier molecular flexibility index (Phi) is 4.51. The SMILES string of the molecule is COc1ccc(N=Nc2c(-c3ccccc3O)[nH][nH]c2=O)cc1OC. The number of azo groups is 1. The fourth-order valence-electron chi connectivity index (χ4n) is 2.32. The molecule has 3 rings (SSSR count). The zero-order chi connectivity index (χ0) is 17.8. The van der Waals surface area contributed by atoms with Crippen molar-refractivity contribution in [1.29, 1.82) is 0 Å². The third-order valence-corrected chi connectivity index (χ3v) is 3.56. The lowest BCUT2D eigenvalue weighted by Crippen LogP contribution is -1.96. The molecule has 1 heterocycles. The smallest absolute Gasteiger partial charge is 0.292 e. The van der Waals surface area contributed by atoms with E-state index in [1.54, 1.807) is 36.4 Å². The number of aromatic nitrogens is 2. The van der Waals surface area contributed by atoms with Gasteiger partial charge < -0.3 is 14.6 Å². The molecule has 0 amide bonds. The Balaban J connectivity index is 1.99. The molecule has 0 fully saturated rings. The molecule has 3 aromatic rings. The van der Waals surface area contributed by atoms with Gasteiger partial charge in [-0.1, -0.05) is 12.1 Å². The van der Waals surface area contributed by atoms with Crippen LogP contribution in [0.3, 0.4) is 0 Å². The molecule has 0 saturated heterocycles. The molecule has 0 aliphatic rings. The number of phenols is 1. The van der Waals surface area contributed by atoms with Crippen LogP contribution in [0.2, 0.25) is 0 Å². The number of phenolic OH excluding ortho intramolecular Hbond substituents is 1. The van der Waals surface area contributed by atoms with Crippen LogP contribution in [0.25, 0.3) is 11.3 Å². The third-order valence-electron chi connectivity index (χ3n) is 3.56. The Bertz CT molecular complexity index is 975. The first-order valence-electron chi connectivity index (χ1n) is 7.37. The summed E-state index contributed by atoms with van der Waals surface area (Å²) in [5.74, 6) is 1.10. The average molecular weight is 340 g/mol. The van der Waals surface area contributed by atoms with Crippen LogP contribution in [0.5, 0.6) is 17.2 Å². The highest BCUT2D eigenvalue weighted by Gasteiger charge is 2.14. The van der Waals surface area contributed by atoms with Crippen molar-refractivity contribution in [2.45, 2.75) is 0 Å². The topological polar surface area (TPSA) is 112 Å². The molecule has 0 bridgehead atoms. The summed E-state index contributed by atoms with van der Waals surface area (Å²) in [4.78, 5) is 12.0. The monoisotopic (exact) mass is 340 g/mol. The number of benzene rings is 2. The van der Waals surface area contributed by atoms with Gasteiger partial charge in [0.1, 0.15) is 5.75 Å². The van der Waals surface area contributed by atoms with Gasteiger partial charge in [-0.2, -0.15) is 5.11 Å². The lowest BCUT2D eigenvalue weighted by atomic mass is 10.1. The maximum Gasteiger partial charge on any atom is 0.292 e. The molecule has 0 aliphatic carbocycles. The molecular formula is C17H16N4O4. The summed E-state index contributed by atoms with van der Waals surface area (Å²) >= 11 is 0. The Hall–Kier alpha value is -3.55. The molecule has 8 nitrogen and oxygen atoms in total. The van der Waals surface area contributed by atoms with E-state index in [2.05, 4.69) is 20.4 Å². The third kappa shape index (κ3) is 3.23. The number of aromatic hydroxyl groups is 1. The van der Waals surface area contributed by atoms with Gasteiger partial charge in [0.05, 0.1) is 25.6 Å². The van der Waals surface area contributed by atoms with Crippen molar-refractivity contribution in [1.82, 2.24) is 10.2 Å². The zero-order valence-corrected chi connectivity index (χ0v) is 13.6. The number of para-hydroxylation sites is 1. The lowest BCUT2D eigenvalue weighted by Gasteiger charge is -2.06. The molecule has 3 N–H and O–H groups in total. The highest BCUT2D eigenvalue weighted by atomic mass is 16.5. The summed E-state index contributed by atoms with van der Waals surface area (Å²) < 4.78 is 10.4. The van der Waals surface area contributed by atoms with E-state index in [-0.39, 0.29) is 11.4 Å². The number of hydrogen-bond donors (Lipinski definition) is 3. The highest BCUT2D eigenvalue weighted by molar-refractivity contribution is 5.75. The number of nitrogens with one attached hydrogen (secondary N) is 2. The second-order valence-electron chi connectivity index (χ2n) is 5.06. The Labute approximate surface area is 142 Å². The van der Waals surface area contributed by atoms with E-state index in [4.69, 9.17) is 9.47 Å². The maximum atomic E-state index is 12.0. The van der Waals surface area contributed by atoms with Gasteiger partial charge in [0.2, 0.25) is 0 Å². The van der Waals surface area contributed by atoms with Crippen molar-refractivity contribution in [3.05, 3.63) is 52.8 Å². The minimum absolute atomic E-state index is 0.0281. The van der Waals surface area contributed by atoms with Crippen molar-refractivity contribution in [3.63, 3.8) is 0 Å². The summed E-state index contributed by atoms with van der Waals surface area (Å²) in [6.45, 7) is 0. The predicted molar refractivity (Wildman–Crippen MR) is 92.2 cm³/mol. The number of hydrogen-bond acceptors (Lipinski definition) is 6. The fraction of sp³-hybridized carbons (Fsp3) is 0.118. The lowest BCUT2D eigenvalue weighted by molar-refractivity contribution is 0.355. The van der Waals surface area contributed by atoms with Crippen molar-refractivity contribution >= 4 is 11.4 Å². The minimum Gasteiger partial charge on any atom is -0.507 e. The normalized spacial score (nSPS) is 11.0.